The van der Waals surface area contributed by atoms with Gasteiger partial charge in [-0.1, -0.05) is 18.7 Å². The van der Waals surface area contributed by atoms with Gasteiger partial charge in [-0.25, -0.2) is 4.79 Å². The summed E-state index contributed by atoms with van der Waals surface area (Å²) in [4.78, 5) is 39.9. The van der Waals surface area contributed by atoms with Crippen LogP contribution in [-0.4, -0.2) is 33.0 Å². The molecule has 6 nitrogen and oxygen atoms in total. The Kier molecular flexibility index (Phi) is 5.04. The largest absolute Gasteiger partial charge is 0.416 e. The molecule has 2 aromatic carbocycles. The highest BCUT2D eigenvalue weighted by atomic mass is 19.4. The molecule has 1 aliphatic heterocycles. The van der Waals surface area contributed by atoms with E-state index in [1.165, 1.54) is 27.7 Å². The number of benzene rings is 2. The second kappa shape index (κ2) is 7.57. The summed E-state index contributed by atoms with van der Waals surface area (Å²) in [6.07, 6.45) is -2.93. The van der Waals surface area contributed by atoms with Crippen LogP contribution in [0.5, 0.6) is 0 Å². The van der Waals surface area contributed by atoms with Gasteiger partial charge in [-0.2, -0.15) is 13.2 Å². The van der Waals surface area contributed by atoms with Crippen molar-refractivity contribution >= 4 is 16.8 Å². The lowest BCUT2D eigenvalue weighted by Gasteiger charge is -2.19. The zero-order chi connectivity index (χ0) is 22.3. The Morgan fingerprint density at radius 1 is 1.06 bits per heavy atom. The Labute approximate surface area is 174 Å². The summed E-state index contributed by atoms with van der Waals surface area (Å²) in [5, 5.41) is 0.260. The molecule has 4 rings (SSSR count). The van der Waals surface area contributed by atoms with Crippen LogP contribution in [0, 0.1) is 0 Å². The summed E-state index contributed by atoms with van der Waals surface area (Å²) in [6, 6.07) is 10.1. The number of amides is 1. The van der Waals surface area contributed by atoms with E-state index in [0.717, 1.165) is 16.7 Å². The van der Waals surface area contributed by atoms with Crippen molar-refractivity contribution in [3.05, 3.63) is 87.6 Å². The summed E-state index contributed by atoms with van der Waals surface area (Å²) in [7, 11) is 0. The molecule has 1 fully saturated rings. The molecule has 1 atom stereocenters. The van der Waals surface area contributed by atoms with Crippen molar-refractivity contribution in [3.8, 4) is 5.69 Å². The fourth-order valence-electron chi connectivity index (χ4n) is 3.93. The van der Waals surface area contributed by atoms with Gasteiger partial charge in [0.2, 0.25) is 5.91 Å². The van der Waals surface area contributed by atoms with Gasteiger partial charge in [-0.05, 0) is 48.9 Å². The Morgan fingerprint density at radius 2 is 1.74 bits per heavy atom. The minimum Gasteiger partial charge on any atom is -0.337 e. The first kappa shape index (κ1) is 20.6. The van der Waals surface area contributed by atoms with Gasteiger partial charge in [-0.15, -0.1) is 0 Å². The molecule has 2 heterocycles. The lowest BCUT2D eigenvalue weighted by Crippen LogP contribution is -2.42. The fraction of sp³-hybridized carbons (Fsp3) is 0.227. The molecule has 160 valence electrons. The first-order valence-electron chi connectivity index (χ1n) is 9.57. The van der Waals surface area contributed by atoms with Crippen molar-refractivity contribution in [2.75, 3.05) is 13.1 Å². The van der Waals surface area contributed by atoms with E-state index in [4.69, 9.17) is 0 Å². The number of carbonyl (C=O) groups is 1. The number of para-hydroxylation sites is 1. The number of rotatable bonds is 3. The topological polar surface area (TPSA) is 64.3 Å². The molecule has 1 saturated heterocycles. The highest BCUT2D eigenvalue weighted by Gasteiger charge is 2.31. The van der Waals surface area contributed by atoms with Crippen LogP contribution < -0.4 is 11.2 Å². The number of likely N-dealkylation sites (tertiary alicyclic amines) is 1. The second-order valence-electron chi connectivity index (χ2n) is 7.29. The average Bonchev–Trinajstić information content (AvgIpc) is 3.23. The van der Waals surface area contributed by atoms with Gasteiger partial charge >= 0.3 is 11.9 Å². The number of carbonyl (C=O) groups excluding carboxylic acids is 1. The van der Waals surface area contributed by atoms with Crippen molar-refractivity contribution in [2.45, 2.75) is 18.6 Å². The first-order valence-corrected chi connectivity index (χ1v) is 9.57. The van der Waals surface area contributed by atoms with Crippen LogP contribution in [0.1, 0.15) is 18.0 Å². The van der Waals surface area contributed by atoms with E-state index < -0.39 is 29.0 Å². The lowest BCUT2D eigenvalue weighted by molar-refractivity contribution is -0.137. The van der Waals surface area contributed by atoms with E-state index in [1.54, 1.807) is 24.3 Å². The molecule has 3 aromatic rings. The smallest absolute Gasteiger partial charge is 0.337 e. The number of nitrogens with zero attached hydrogens (tertiary/aromatic N) is 3. The number of halogens is 3. The van der Waals surface area contributed by atoms with Gasteiger partial charge in [0.1, 0.15) is 0 Å². The van der Waals surface area contributed by atoms with Crippen molar-refractivity contribution in [2.24, 2.45) is 0 Å². The monoisotopic (exact) mass is 429 g/mol. The standard InChI is InChI=1S/C22H18F3N3O3/c1-2-19(29)26-12-11-16(13-26)28-20(30)17-5-3-4-6-18(17)27(21(28)31)15-9-7-14(8-10-15)22(23,24)25/h2-10,16H,1,11-13H2. The van der Waals surface area contributed by atoms with Gasteiger partial charge in [0.15, 0.2) is 0 Å². The third-order valence-corrected chi connectivity index (χ3v) is 5.46. The van der Waals surface area contributed by atoms with Gasteiger partial charge in [-0.3, -0.25) is 18.7 Å². The van der Waals surface area contributed by atoms with Crippen molar-refractivity contribution in [1.82, 2.24) is 14.0 Å². The molecule has 0 saturated carbocycles. The molecule has 0 aliphatic carbocycles. The molecule has 1 aromatic heterocycles. The van der Waals surface area contributed by atoms with Crippen LogP contribution in [0.15, 0.2) is 70.8 Å². The van der Waals surface area contributed by atoms with E-state index in [9.17, 15) is 27.6 Å². The third-order valence-electron chi connectivity index (χ3n) is 5.46. The molecule has 0 N–H and O–H groups in total. The maximum Gasteiger partial charge on any atom is 0.416 e. The highest BCUT2D eigenvalue weighted by Crippen LogP contribution is 2.30. The number of fused-ring (bicyclic) bond motifs is 1. The van der Waals surface area contributed by atoms with Gasteiger partial charge < -0.3 is 4.90 Å². The summed E-state index contributed by atoms with van der Waals surface area (Å²) in [5.41, 5.74) is -1.50. The SMILES string of the molecule is C=CC(=O)N1CCC(n2c(=O)c3ccccc3n(-c3ccc(C(F)(F)F)cc3)c2=O)C1. The second-order valence-corrected chi connectivity index (χ2v) is 7.29. The summed E-state index contributed by atoms with van der Waals surface area (Å²) >= 11 is 0. The maximum absolute atomic E-state index is 13.4. The van der Waals surface area contributed by atoms with Crippen LogP contribution in [-0.2, 0) is 11.0 Å². The Hall–Kier alpha value is -3.62. The Bertz CT molecular complexity index is 1290. The fourth-order valence-corrected chi connectivity index (χ4v) is 3.93. The molecule has 9 heteroatoms. The van der Waals surface area contributed by atoms with E-state index >= 15 is 0 Å². The molecule has 31 heavy (non-hydrogen) atoms. The normalized spacial score (nSPS) is 16.6. The van der Waals surface area contributed by atoms with Crippen LogP contribution in [0.4, 0.5) is 13.2 Å². The Balaban J connectivity index is 1.91. The van der Waals surface area contributed by atoms with Gasteiger partial charge in [0, 0.05) is 13.1 Å². The molecular weight excluding hydrogens is 411 g/mol. The maximum atomic E-state index is 13.4. The quantitative estimate of drug-likeness (QED) is 0.601. The average molecular weight is 429 g/mol. The molecular formula is C22H18F3N3O3. The predicted octanol–water partition coefficient (Wildman–Crippen LogP) is 3.13. The van der Waals surface area contributed by atoms with Crippen LogP contribution >= 0.6 is 0 Å². The third kappa shape index (κ3) is 3.56. The first-order chi connectivity index (χ1) is 14.7. The van der Waals surface area contributed by atoms with Crippen molar-refractivity contribution in [1.29, 1.82) is 0 Å². The molecule has 0 spiro atoms. The zero-order valence-electron chi connectivity index (χ0n) is 16.3. The number of aromatic nitrogens is 2. The number of hydrogen-bond acceptors (Lipinski definition) is 3. The molecule has 0 radical (unpaired) electrons. The van der Waals surface area contributed by atoms with Crippen molar-refractivity contribution < 1.29 is 18.0 Å². The zero-order valence-corrected chi connectivity index (χ0v) is 16.3. The van der Waals surface area contributed by atoms with E-state index in [1.807, 2.05) is 0 Å². The predicted molar refractivity (Wildman–Crippen MR) is 109 cm³/mol. The molecule has 1 aliphatic rings. The molecule has 0 bridgehead atoms. The molecule has 1 amide bonds. The minimum atomic E-state index is -4.50. The van der Waals surface area contributed by atoms with Gasteiger partial charge in [0.05, 0.1) is 28.2 Å². The van der Waals surface area contributed by atoms with Gasteiger partial charge in [0.25, 0.3) is 5.56 Å². The summed E-state index contributed by atoms with van der Waals surface area (Å²) in [6.45, 7) is 3.99. The van der Waals surface area contributed by atoms with E-state index in [0.29, 0.717) is 18.5 Å². The van der Waals surface area contributed by atoms with Crippen molar-refractivity contribution in [3.63, 3.8) is 0 Å². The lowest BCUT2D eigenvalue weighted by atomic mass is 10.1. The molecule has 1 unspecified atom stereocenters. The summed E-state index contributed by atoms with van der Waals surface area (Å²) in [5.74, 6) is -0.292. The highest BCUT2D eigenvalue weighted by molar-refractivity contribution is 5.87. The van der Waals surface area contributed by atoms with Crippen LogP contribution in [0.25, 0.3) is 16.6 Å². The van der Waals surface area contributed by atoms with Crippen LogP contribution in [0.2, 0.25) is 0 Å². The van der Waals surface area contributed by atoms with E-state index in [2.05, 4.69) is 6.58 Å². The Morgan fingerprint density at radius 3 is 2.39 bits per heavy atom. The number of hydrogen-bond donors (Lipinski definition) is 0. The number of alkyl halides is 3. The minimum absolute atomic E-state index is 0.172. The summed E-state index contributed by atoms with van der Waals surface area (Å²) < 4.78 is 41.2. The van der Waals surface area contributed by atoms with E-state index in [-0.39, 0.29) is 23.5 Å². The van der Waals surface area contributed by atoms with Crippen LogP contribution in [0.3, 0.4) is 0 Å².